The molecule has 2 rings (SSSR count). The van der Waals surface area contributed by atoms with Crippen molar-refractivity contribution in [1.82, 2.24) is 4.90 Å². The maximum absolute atomic E-state index is 12.3. The van der Waals surface area contributed by atoms with Crippen LogP contribution < -0.4 is 4.73 Å². The van der Waals surface area contributed by atoms with Gasteiger partial charge in [0.05, 0.1) is 10.3 Å². The zero-order chi connectivity index (χ0) is 17.5. The van der Waals surface area contributed by atoms with Gasteiger partial charge in [-0.3, -0.25) is 4.79 Å². The summed E-state index contributed by atoms with van der Waals surface area (Å²) in [5.41, 5.74) is 0.0951. The predicted octanol–water partition coefficient (Wildman–Crippen LogP) is 2.52. The average molecular weight is 411 g/mol. The van der Waals surface area contributed by atoms with E-state index in [0.717, 1.165) is 14.9 Å². The van der Waals surface area contributed by atoms with Crippen molar-refractivity contribution in [3.8, 4) is 0 Å². The number of esters is 1. The summed E-state index contributed by atoms with van der Waals surface area (Å²) >= 11 is 4.90. The fraction of sp³-hybridized carbons (Fsp3) is 0.188. The van der Waals surface area contributed by atoms with E-state index in [1.54, 1.807) is 6.08 Å². The van der Waals surface area contributed by atoms with E-state index in [2.05, 4.69) is 22.5 Å². The van der Waals surface area contributed by atoms with Crippen molar-refractivity contribution in [1.29, 1.82) is 0 Å². The summed E-state index contributed by atoms with van der Waals surface area (Å²) in [7, 11) is 0. The normalized spacial score (nSPS) is 10.2. The maximum Gasteiger partial charge on any atom is 0.344 e. The molecule has 0 saturated heterocycles. The fourth-order valence-electron chi connectivity index (χ4n) is 1.91. The monoisotopic (exact) mass is 410 g/mol. The standard InChI is InChI=1S/C16H15BrN2O4S/c1-2-7-18(10-13-5-6-14(17)24-13)15(20)11-23-16(21)12-4-3-8-19(22)9-12/h2-6,8-9H,1,7,10-11H2. The van der Waals surface area contributed by atoms with Gasteiger partial charge in [0.15, 0.2) is 19.0 Å². The number of carbonyl (C=O) groups is 2. The van der Waals surface area contributed by atoms with Crippen molar-refractivity contribution in [2.75, 3.05) is 13.2 Å². The Bertz CT molecular complexity index is 747. The molecule has 0 spiro atoms. The first kappa shape index (κ1) is 18.2. The van der Waals surface area contributed by atoms with Crippen LogP contribution in [-0.4, -0.2) is 29.9 Å². The summed E-state index contributed by atoms with van der Waals surface area (Å²) in [6, 6.07) is 6.71. The van der Waals surface area contributed by atoms with E-state index < -0.39 is 12.6 Å². The quantitative estimate of drug-likeness (QED) is 0.304. The molecular weight excluding hydrogens is 396 g/mol. The Morgan fingerprint density at radius 1 is 1.42 bits per heavy atom. The van der Waals surface area contributed by atoms with E-state index in [1.165, 1.54) is 34.6 Å². The van der Waals surface area contributed by atoms with Crippen molar-refractivity contribution in [3.63, 3.8) is 0 Å². The molecule has 2 aromatic rings. The van der Waals surface area contributed by atoms with Crippen LogP contribution in [0.2, 0.25) is 0 Å². The molecular formula is C16H15BrN2O4S. The highest BCUT2D eigenvalue weighted by Gasteiger charge is 2.17. The summed E-state index contributed by atoms with van der Waals surface area (Å²) in [5.74, 6) is -1.05. The highest BCUT2D eigenvalue weighted by molar-refractivity contribution is 9.11. The topological polar surface area (TPSA) is 73.5 Å². The van der Waals surface area contributed by atoms with E-state index in [1.807, 2.05) is 12.1 Å². The first-order chi connectivity index (χ1) is 11.5. The number of amides is 1. The Balaban J connectivity index is 1.94. The van der Waals surface area contributed by atoms with E-state index in [4.69, 9.17) is 4.74 Å². The predicted molar refractivity (Wildman–Crippen MR) is 93.3 cm³/mol. The van der Waals surface area contributed by atoms with Gasteiger partial charge in [0.2, 0.25) is 0 Å². The molecule has 2 aromatic heterocycles. The van der Waals surface area contributed by atoms with Gasteiger partial charge < -0.3 is 14.8 Å². The van der Waals surface area contributed by atoms with Crippen LogP contribution >= 0.6 is 27.3 Å². The fourth-order valence-corrected chi connectivity index (χ4v) is 3.41. The van der Waals surface area contributed by atoms with Crippen LogP contribution in [0, 0.1) is 5.21 Å². The van der Waals surface area contributed by atoms with Gasteiger partial charge in [-0.2, -0.15) is 4.73 Å². The van der Waals surface area contributed by atoms with Gasteiger partial charge in [0.25, 0.3) is 5.91 Å². The van der Waals surface area contributed by atoms with Crippen LogP contribution in [0.25, 0.3) is 0 Å². The summed E-state index contributed by atoms with van der Waals surface area (Å²) in [4.78, 5) is 26.7. The molecule has 2 heterocycles. The molecule has 126 valence electrons. The molecule has 0 bridgehead atoms. The second kappa shape index (κ2) is 8.60. The van der Waals surface area contributed by atoms with Gasteiger partial charge in [-0.1, -0.05) is 6.08 Å². The van der Waals surface area contributed by atoms with Crippen LogP contribution in [0.1, 0.15) is 15.2 Å². The molecule has 0 aromatic carbocycles. The molecule has 0 radical (unpaired) electrons. The first-order valence-corrected chi connectivity index (χ1v) is 8.59. The smallest absolute Gasteiger partial charge is 0.344 e. The number of thiophene rings is 1. The number of carbonyl (C=O) groups excluding carboxylic acids is 2. The lowest BCUT2D eigenvalue weighted by Gasteiger charge is -2.20. The van der Waals surface area contributed by atoms with E-state index >= 15 is 0 Å². The Labute approximate surface area is 151 Å². The molecule has 0 aliphatic carbocycles. The molecule has 24 heavy (non-hydrogen) atoms. The minimum atomic E-state index is -0.717. The number of hydrogen-bond acceptors (Lipinski definition) is 5. The molecule has 0 unspecified atom stereocenters. The highest BCUT2D eigenvalue weighted by Crippen LogP contribution is 2.23. The third-order valence-corrected chi connectivity index (χ3v) is 4.62. The van der Waals surface area contributed by atoms with Gasteiger partial charge in [-0.15, -0.1) is 17.9 Å². The minimum Gasteiger partial charge on any atom is -0.619 e. The van der Waals surface area contributed by atoms with Crippen molar-refractivity contribution in [3.05, 3.63) is 68.7 Å². The molecule has 1 amide bonds. The van der Waals surface area contributed by atoms with E-state index in [9.17, 15) is 14.8 Å². The number of aromatic nitrogens is 1. The number of pyridine rings is 1. The molecule has 0 N–H and O–H groups in total. The lowest BCUT2D eigenvalue weighted by atomic mass is 10.3. The number of halogens is 1. The summed E-state index contributed by atoms with van der Waals surface area (Å²) < 4.78 is 6.47. The van der Waals surface area contributed by atoms with Crippen molar-refractivity contribution >= 4 is 39.1 Å². The van der Waals surface area contributed by atoms with Crippen molar-refractivity contribution in [2.24, 2.45) is 0 Å². The van der Waals surface area contributed by atoms with Crippen LogP contribution in [0.5, 0.6) is 0 Å². The van der Waals surface area contributed by atoms with Crippen LogP contribution in [0.4, 0.5) is 0 Å². The molecule has 0 atom stereocenters. The summed E-state index contributed by atoms with van der Waals surface area (Å²) in [5, 5.41) is 11.2. The third kappa shape index (κ3) is 5.17. The zero-order valence-corrected chi connectivity index (χ0v) is 15.1. The largest absolute Gasteiger partial charge is 0.619 e. The van der Waals surface area contributed by atoms with Crippen LogP contribution in [0.3, 0.4) is 0 Å². The van der Waals surface area contributed by atoms with E-state index in [-0.39, 0.29) is 11.5 Å². The van der Waals surface area contributed by atoms with Gasteiger partial charge in [0, 0.05) is 17.5 Å². The summed E-state index contributed by atoms with van der Waals surface area (Å²) in [6.45, 7) is 3.99. The Hall–Kier alpha value is -2.19. The number of ether oxygens (including phenoxy) is 1. The molecule has 0 fully saturated rings. The number of rotatable bonds is 7. The maximum atomic E-state index is 12.3. The minimum absolute atomic E-state index is 0.0951. The third-order valence-electron chi connectivity index (χ3n) is 3.02. The van der Waals surface area contributed by atoms with Crippen molar-refractivity contribution in [2.45, 2.75) is 6.54 Å². The molecule has 0 aliphatic rings. The Morgan fingerprint density at radius 2 is 2.21 bits per heavy atom. The van der Waals surface area contributed by atoms with Gasteiger partial charge in [-0.05, 0) is 34.1 Å². The Kier molecular flexibility index (Phi) is 6.51. The second-order valence-electron chi connectivity index (χ2n) is 4.80. The lowest BCUT2D eigenvalue weighted by Crippen LogP contribution is -2.34. The van der Waals surface area contributed by atoms with Crippen LogP contribution in [-0.2, 0) is 16.1 Å². The molecule has 6 nitrogen and oxygen atoms in total. The lowest BCUT2D eigenvalue weighted by molar-refractivity contribution is -0.605. The molecule has 8 heteroatoms. The first-order valence-electron chi connectivity index (χ1n) is 6.98. The number of nitrogens with zero attached hydrogens (tertiary/aromatic N) is 2. The van der Waals surface area contributed by atoms with E-state index in [0.29, 0.717) is 17.8 Å². The second-order valence-corrected chi connectivity index (χ2v) is 7.34. The molecule has 0 saturated carbocycles. The van der Waals surface area contributed by atoms with Gasteiger partial charge in [0.1, 0.15) is 5.56 Å². The summed E-state index contributed by atoms with van der Waals surface area (Å²) in [6.07, 6.45) is 3.96. The van der Waals surface area contributed by atoms with Gasteiger partial charge >= 0.3 is 5.97 Å². The van der Waals surface area contributed by atoms with Crippen LogP contribution in [0.15, 0.2) is 53.1 Å². The SMILES string of the molecule is C=CCN(Cc1ccc(Br)s1)C(=O)COC(=O)c1ccc[n+]([O-])c1. The number of hydrogen-bond donors (Lipinski definition) is 0. The Morgan fingerprint density at radius 3 is 2.83 bits per heavy atom. The van der Waals surface area contributed by atoms with Crippen molar-refractivity contribution < 1.29 is 19.1 Å². The average Bonchev–Trinajstić information content (AvgIpc) is 2.97. The zero-order valence-electron chi connectivity index (χ0n) is 12.7. The molecule has 0 aliphatic heterocycles. The van der Waals surface area contributed by atoms with Gasteiger partial charge in [-0.25, -0.2) is 4.79 Å². The highest BCUT2D eigenvalue weighted by atomic mass is 79.9.